The molecule has 3 heteroatoms. The number of rotatable bonds is 7. The Hall–Kier alpha value is -3.07. The molecule has 3 rings (SSSR count). The van der Waals surface area contributed by atoms with E-state index in [1.54, 1.807) is 7.11 Å². The summed E-state index contributed by atoms with van der Waals surface area (Å²) in [4.78, 5) is 12.6. The summed E-state index contributed by atoms with van der Waals surface area (Å²) < 4.78 is 5.24. The van der Waals surface area contributed by atoms with Crippen LogP contribution in [0.3, 0.4) is 0 Å². The molecule has 0 aliphatic rings. The average molecular weight is 359 g/mol. The first kappa shape index (κ1) is 18.7. The fraction of sp³-hybridized carbons (Fsp3) is 0.208. The highest BCUT2D eigenvalue weighted by molar-refractivity contribution is 5.79. The molecule has 0 aliphatic carbocycles. The van der Waals surface area contributed by atoms with E-state index in [0.29, 0.717) is 6.42 Å². The smallest absolute Gasteiger partial charge is 0.224 e. The zero-order chi connectivity index (χ0) is 19.1. The molecule has 1 amide bonds. The Morgan fingerprint density at radius 3 is 2.04 bits per heavy atom. The van der Waals surface area contributed by atoms with E-state index in [1.807, 2.05) is 60.7 Å². The maximum atomic E-state index is 12.6. The van der Waals surface area contributed by atoms with Crippen molar-refractivity contribution < 1.29 is 9.53 Å². The van der Waals surface area contributed by atoms with Gasteiger partial charge in [-0.25, -0.2) is 0 Å². The zero-order valence-electron chi connectivity index (χ0n) is 15.8. The summed E-state index contributed by atoms with van der Waals surface area (Å²) in [7, 11) is 1.63. The van der Waals surface area contributed by atoms with E-state index >= 15 is 0 Å². The van der Waals surface area contributed by atoms with Crippen LogP contribution in [-0.4, -0.2) is 19.1 Å². The van der Waals surface area contributed by atoms with Crippen molar-refractivity contribution >= 4 is 5.91 Å². The van der Waals surface area contributed by atoms with Crippen LogP contribution in [0.15, 0.2) is 84.9 Å². The second-order valence-corrected chi connectivity index (χ2v) is 6.68. The molecule has 0 spiro atoms. The fourth-order valence-corrected chi connectivity index (χ4v) is 3.45. The molecule has 3 aromatic carbocycles. The van der Waals surface area contributed by atoms with Gasteiger partial charge in [0.25, 0.3) is 0 Å². The Morgan fingerprint density at radius 1 is 0.889 bits per heavy atom. The lowest BCUT2D eigenvalue weighted by molar-refractivity contribution is -0.121. The van der Waals surface area contributed by atoms with Crippen molar-refractivity contribution in [1.82, 2.24) is 5.32 Å². The van der Waals surface area contributed by atoms with Crippen molar-refractivity contribution in [3.63, 3.8) is 0 Å². The third kappa shape index (κ3) is 4.98. The SMILES string of the molecule is COc1cccc(CC(=O)NC(C)C(c2ccccc2)c2ccccc2)c1. The first-order valence-electron chi connectivity index (χ1n) is 9.19. The molecule has 3 aromatic rings. The van der Waals surface area contributed by atoms with Crippen molar-refractivity contribution in [3.8, 4) is 5.75 Å². The van der Waals surface area contributed by atoms with E-state index in [-0.39, 0.29) is 17.9 Å². The minimum Gasteiger partial charge on any atom is -0.497 e. The number of ether oxygens (including phenoxy) is 1. The van der Waals surface area contributed by atoms with E-state index in [2.05, 4.69) is 36.5 Å². The van der Waals surface area contributed by atoms with E-state index in [1.165, 1.54) is 11.1 Å². The number of hydrogen-bond acceptors (Lipinski definition) is 2. The van der Waals surface area contributed by atoms with Gasteiger partial charge in [0.15, 0.2) is 0 Å². The van der Waals surface area contributed by atoms with Gasteiger partial charge in [-0.15, -0.1) is 0 Å². The van der Waals surface area contributed by atoms with Crippen LogP contribution in [-0.2, 0) is 11.2 Å². The molecule has 0 heterocycles. The molecule has 1 unspecified atom stereocenters. The third-order valence-electron chi connectivity index (χ3n) is 4.70. The molecule has 27 heavy (non-hydrogen) atoms. The largest absolute Gasteiger partial charge is 0.497 e. The summed E-state index contributed by atoms with van der Waals surface area (Å²) in [5.41, 5.74) is 3.32. The number of nitrogens with one attached hydrogen (secondary N) is 1. The molecular weight excluding hydrogens is 334 g/mol. The van der Waals surface area contributed by atoms with Crippen molar-refractivity contribution in [2.75, 3.05) is 7.11 Å². The topological polar surface area (TPSA) is 38.3 Å². The van der Waals surface area contributed by atoms with Gasteiger partial charge in [0, 0.05) is 12.0 Å². The lowest BCUT2D eigenvalue weighted by atomic mass is 9.85. The summed E-state index contributed by atoms with van der Waals surface area (Å²) >= 11 is 0. The van der Waals surface area contributed by atoms with Crippen molar-refractivity contribution in [1.29, 1.82) is 0 Å². The summed E-state index contributed by atoms with van der Waals surface area (Å²) in [6.07, 6.45) is 0.331. The van der Waals surface area contributed by atoms with Gasteiger partial charge in [0.1, 0.15) is 5.75 Å². The molecule has 0 bridgehead atoms. The van der Waals surface area contributed by atoms with Crippen LogP contribution in [0.2, 0.25) is 0 Å². The number of amides is 1. The van der Waals surface area contributed by atoms with Crippen LogP contribution in [0.5, 0.6) is 5.75 Å². The number of methoxy groups -OCH3 is 1. The fourth-order valence-electron chi connectivity index (χ4n) is 3.45. The minimum atomic E-state index is -0.0343. The number of carbonyl (C=O) groups is 1. The average Bonchev–Trinajstić information content (AvgIpc) is 2.70. The van der Waals surface area contributed by atoms with Crippen LogP contribution >= 0.6 is 0 Å². The summed E-state index contributed by atoms with van der Waals surface area (Å²) in [5, 5.41) is 3.18. The Kier molecular flexibility index (Phi) is 6.26. The molecule has 0 aliphatic heterocycles. The molecule has 0 radical (unpaired) electrons. The Bertz CT molecular complexity index is 822. The monoisotopic (exact) mass is 359 g/mol. The molecule has 138 valence electrons. The molecule has 0 fully saturated rings. The molecule has 1 atom stereocenters. The van der Waals surface area contributed by atoms with E-state index in [0.717, 1.165) is 11.3 Å². The molecule has 0 saturated heterocycles. The van der Waals surface area contributed by atoms with Gasteiger partial charge in [0.2, 0.25) is 5.91 Å². The Balaban J connectivity index is 1.76. The summed E-state index contributed by atoms with van der Waals surface area (Å²) in [6, 6.07) is 28.2. The molecule has 0 aromatic heterocycles. The second kappa shape index (κ2) is 9.04. The van der Waals surface area contributed by atoms with Gasteiger partial charge in [-0.1, -0.05) is 72.8 Å². The molecule has 3 nitrogen and oxygen atoms in total. The molecular formula is C24H25NO2. The predicted octanol–water partition coefficient (Wildman–Crippen LogP) is 4.57. The van der Waals surface area contributed by atoms with Gasteiger partial charge >= 0.3 is 0 Å². The van der Waals surface area contributed by atoms with Gasteiger partial charge in [-0.2, -0.15) is 0 Å². The zero-order valence-corrected chi connectivity index (χ0v) is 15.8. The highest BCUT2D eigenvalue weighted by Gasteiger charge is 2.22. The van der Waals surface area contributed by atoms with E-state index in [4.69, 9.17) is 4.74 Å². The van der Waals surface area contributed by atoms with Crippen molar-refractivity contribution in [2.24, 2.45) is 0 Å². The van der Waals surface area contributed by atoms with Crippen LogP contribution in [0.4, 0.5) is 0 Å². The van der Waals surface area contributed by atoms with Crippen LogP contribution in [0, 0.1) is 0 Å². The lowest BCUT2D eigenvalue weighted by Gasteiger charge is -2.26. The minimum absolute atomic E-state index is 0.00705. The quantitative estimate of drug-likeness (QED) is 0.671. The van der Waals surface area contributed by atoms with Crippen molar-refractivity contribution in [3.05, 3.63) is 102 Å². The van der Waals surface area contributed by atoms with Gasteiger partial charge in [-0.05, 0) is 35.7 Å². The summed E-state index contributed by atoms with van der Waals surface area (Å²) in [5.74, 6) is 0.870. The van der Waals surface area contributed by atoms with Gasteiger partial charge in [0.05, 0.1) is 13.5 Å². The molecule has 1 N–H and O–H groups in total. The highest BCUT2D eigenvalue weighted by Crippen LogP contribution is 2.28. The van der Waals surface area contributed by atoms with E-state index < -0.39 is 0 Å². The van der Waals surface area contributed by atoms with Crippen molar-refractivity contribution in [2.45, 2.75) is 25.3 Å². The number of carbonyl (C=O) groups excluding carboxylic acids is 1. The van der Waals surface area contributed by atoms with Gasteiger partial charge < -0.3 is 10.1 Å². The summed E-state index contributed by atoms with van der Waals surface area (Å²) in [6.45, 7) is 2.06. The third-order valence-corrected chi connectivity index (χ3v) is 4.70. The first-order chi connectivity index (χ1) is 13.2. The van der Waals surface area contributed by atoms with Crippen LogP contribution in [0.1, 0.15) is 29.5 Å². The lowest BCUT2D eigenvalue weighted by Crippen LogP contribution is -2.38. The number of benzene rings is 3. The highest BCUT2D eigenvalue weighted by atomic mass is 16.5. The Labute approximate surface area is 161 Å². The predicted molar refractivity (Wildman–Crippen MR) is 109 cm³/mol. The first-order valence-corrected chi connectivity index (χ1v) is 9.19. The van der Waals surface area contributed by atoms with Crippen LogP contribution < -0.4 is 10.1 Å². The normalized spacial score (nSPS) is 11.8. The van der Waals surface area contributed by atoms with E-state index in [9.17, 15) is 4.79 Å². The number of hydrogen-bond donors (Lipinski definition) is 1. The van der Waals surface area contributed by atoms with Gasteiger partial charge in [-0.3, -0.25) is 4.79 Å². The maximum Gasteiger partial charge on any atom is 0.224 e. The standard InChI is InChI=1S/C24H25NO2/c1-18(25-23(26)17-19-10-9-15-22(16-19)27-2)24(20-11-5-3-6-12-20)21-13-7-4-8-14-21/h3-16,18,24H,17H2,1-2H3,(H,25,26). The second-order valence-electron chi connectivity index (χ2n) is 6.68. The Morgan fingerprint density at radius 2 is 1.48 bits per heavy atom. The molecule has 0 saturated carbocycles. The van der Waals surface area contributed by atoms with Crippen LogP contribution in [0.25, 0.3) is 0 Å². The maximum absolute atomic E-state index is 12.6.